The first kappa shape index (κ1) is 21.5. The number of esters is 1. The van der Waals surface area contributed by atoms with Gasteiger partial charge in [0.1, 0.15) is 12.4 Å². The van der Waals surface area contributed by atoms with Crippen molar-refractivity contribution in [3.8, 4) is 5.75 Å². The summed E-state index contributed by atoms with van der Waals surface area (Å²) in [5.41, 5.74) is 1.13. The van der Waals surface area contributed by atoms with E-state index in [9.17, 15) is 9.59 Å². The average molecular weight is 420 g/mol. The minimum Gasteiger partial charge on any atom is -0.490 e. The Balaban J connectivity index is 1.89. The van der Waals surface area contributed by atoms with Crippen LogP contribution in [0.25, 0.3) is 6.08 Å². The van der Waals surface area contributed by atoms with E-state index >= 15 is 0 Å². The Morgan fingerprint density at radius 1 is 1.18 bits per heavy atom. The predicted molar refractivity (Wildman–Crippen MR) is 112 cm³/mol. The van der Waals surface area contributed by atoms with E-state index in [1.165, 1.54) is 13.0 Å². The highest BCUT2D eigenvalue weighted by Gasteiger charge is 2.18. The molecule has 0 saturated carbocycles. The minimum atomic E-state index is -1.01. The molecule has 2 aromatic rings. The molecule has 5 nitrogen and oxygen atoms in total. The smallest absolute Gasteiger partial charge is 0.331 e. The van der Waals surface area contributed by atoms with Gasteiger partial charge >= 0.3 is 5.97 Å². The molecule has 0 heterocycles. The quantitative estimate of drug-likeness (QED) is 0.365. The number of hydrogen-bond acceptors (Lipinski definition) is 4. The maximum absolute atomic E-state index is 12.2. The van der Waals surface area contributed by atoms with Gasteiger partial charge in [-0.1, -0.05) is 54.1 Å². The zero-order valence-corrected chi connectivity index (χ0v) is 16.7. The highest BCUT2D eigenvalue weighted by atomic mass is 35.5. The summed E-state index contributed by atoms with van der Waals surface area (Å²) in [5.74, 6) is -0.467. The molecule has 7 heteroatoms. The Bertz CT molecular complexity index is 878. The zero-order valence-electron chi connectivity index (χ0n) is 15.2. The van der Waals surface area contributed by atoms with Crippen LogP contribution >= 0.6 is 23.2 Å². The molecule has 1 N–H and O–H groups in total. The third kappa shape index (κ3) is 6.44. The second-order valence-corrected chi connectivity index (χ2v) is 6.46. The second-order valence-electron chi connectivity index (χ2n) is 5.67. The maximum Gasteiger partial charge on any atom is 0.331 e. The number of ether oxygens (including phenoxy) is 2. The van der Waals surface area contributed by atoms with E-state index < -0.39 is 18.0 Å². The first-order valence-electron chi connectivity index (χ1n) is 8.38. The van der Waals surface area contributed by atoms with Crippen LogP contribution in [0.1, 0.15) is 12.5 Å². The SMILES string of the molecule is C=CCOc1ccc(/C=C/C(=O)OC(C)C(=O)Nc2cccc(Cl)c2Cl)cc1. The van der Waals surface area contributed by atoms with Crippen LogP contribution in [0.3, 0.4) is 0 Å². The molecular formula is C21H19Cl2NO4. The third-order valence-electron chi connectivity index (χ3n) is 3.53. The van der Waals surface area contributed by atoms with Gasteiger partial charge in [0.25, 0.3) is 5.91 Å². The van der Waals surface area contributed by atoms with E-state index in [2.05, 4.69) is 11.9 Å². The molecule has 2 rings (SSSR count). The van der Waals surface area contributed by atoms with Crippen LogP contribution in [0, 0.1) is 0 Å². The van der Waals surface area contributed by atoms with Crippen LogP contribution in [0.4, 0.5) is 5.69 Å². The predicted octanol–water partition coefficient (Wildman–Crippen LogP) is 5.14. The largest absolute Gasteiger partial charge is 0.490 e. The zero-order chi connectivity index (χ0) is 20.5. The Morgan fingerprint density at radius 3 is 2.57 bits per heavy atom. The lowest BCUT2D eigenvalue weighted by atomic mass is 10.2. The molecule has 0 radical (unpaired) electrons. The first-order valence-corrected chi connectivity index (χ1v) is 9.13. The van der Waals surface area contributed by atoms with Gasteiger partial charge < -0.3 is 14.8 Å². The van der Waals surface area contributed by atoms with E-state index in [0.717, 1.165) is 5.56 Å². The van der Waals surface area contributed by atoms with Gasteiger partial charge in [-0.05, 0) is 42.8 Å². The lowest BCUT2D eigenvalue weighted by Crippen LogP contribution is -2.29. The summed E-state index contributed by atoms with van der Waals surface area (Å²) in [5, 5.41) is 3.11. The third-order valence-corrected chi connectivity index (χ3v) is 4.35. The van der Waals surface area contributed by atoms with Crippen molar-refractivity contribution in [1.29, 1.82) is 0 Å². The van der Waals surface area contributed by atoms with Crippen molar-refractivity contribution in [3.05, 3.63) is 76.8 Å². The average Bonchev–Trinajstić information content (AvgIpc) is 2.69. The number of hydrogen-bond donors (Lipinski definition) is 1. The van der Waals surface area contributed by atoms with Crippen molar-refractivity contribution in [2.45, 2.75) is 13.0 Å². The monoisotopic (exact) mass is 419 g/mol. The molecule has 0 bridgehead atoms. The van der Waals surface area contributed by atoms with Crippen LogP contribution in [0.5, 0.6) is 5.75 Å². The highest BCUT2D eigenvalue weighted by molar-refractivity contribution is 6.44. The Hall–Kier alpha value is -2.76. The number of benzene rings is 2. The van der Waals surface area contributed by atoms with Crippen molar-refractivity contribution in [3.63, 3.8) is 0 Å². The molecule has 0 fully saturated rings. The fraction of sp³-hybridized carbons (Fsp3) is 0.143. The summed E-state index contributed by atoms with van der Waals surface area (Å²) in [6.45, 7) is 5.46. The summed E-state index contributed by atoms with van der Waals surface area (Å²) >= 11 is 11.9. The van der Waals surface area contributed by atoms with Gasteiger partial charge in [0.05, 0.1) is 15.7 Å². The molecule has 1 atom stereocenters. The van der Waals surface area contributed by atoms with Gasteiger partial charge in [0.2, 0.25) is 0 Å². The van der Waals surface area contributed by atoms with Crippen molar-refractivity contribution in [1.82, 2.24) is 0 Å². The van der Waals surface area contributed by atoms with Crippen molar-refractivity contribution >= 4 is 46.8 Å². The Labute approximate surface area is 173 Å². The van der Waals surface area contributed by atoms with Gasteiger partial charge in [-0.2, -0.15) is 0 Å². The van der Waals surface area contributed by atoms with E-state index in [-0.39, 0.29) is 5.02 Å². The van der Waals surface area contributed by atoms with Gasteiger partial charge in [-0.3, -0.25) is 4.79 Å². The minimum absolute atomic E-state index is 0.219. The molecular weight excluding hydrogens is 401 g/mol. The molecule has 2 aromatic carbocycles. The highest BCUT2D eigenvalue weighted by Crippen LogP contribution is 2.29. The van der Waals surface area contributed by atoms with Crippen LogP contribution in [-0.4, -0.2) is 24.6 Å². The second kappa shape index (κ2) is 10.5. The topological polar surface area (TPSA) is 64.6 Å². The normalized spacial score (nSPS) is 11.7. The molecule has 0 saturated heterocycles. The molecule has 0 aliphatic heterocycles. The molecule has 1 amide bonds. The summed E-state index contributed by atoms with van der Waals surface area (Å²) in [7, 11) is 0. The van der Waals surface area contributed by atoms with E-state index in [1.807, 2.05) is 0 Å². The van der Waals surface area contributed by atoms with Crippen molar-refractivity contribution in [2.75, 3.05) is 11.9 Å². The van der Waals surface area contributed by atoms with Gasteiger partial charge in [-0.15, -0.1) is 0 Å². The molecule has 0 aliphatic rings. The van der Waals surface area contributed by atoms with Crippen LogP contribution in [-0.2, 0) is 14.3 Å². The summed E-state index contributed by atoms with van der Waals surface area (Å²) in [4.78, 5) is 24.1. The standard InChI is InChI=1S/C21H19Cl2NO4/c1-3-13-27-16-10-7-15(8-11-16)9-12-19(25)28-14(2)21(26)24-18-6-4-5-17(22)20(18)23/h3-12,14H,1,13H2,2H3,(H,24,26)/b12-9+. The summed E-state index contributed by atoms with van der Waals surface area (Å²) in [6.07, 6.45) is 3.47. The lowest BCUT2D eigenvalue weighted by molar-refractivity contribution is -0.148. The number of rotatable bonds is 8. The number of halogens is 2. The molecule has 0 spiro atoms. The lowest BCUT2D eigenvalue weighted by Gasteiger charge is -2.13. The van der Waals surface area contributed by atoms with Crippen LogP contribution in [0.15, 0.2) is 61.2 Å². The van der Waals surface area contributed by atoms with Crippen LogP contribution in [0.2, 0.25) is 10.0 Å². The van der Waals surface area contributed by atoms with Gasteiger partial charge in [0, 0.05) is 6.08 Å². The molecule has 1 unspecified atom stereocenters. The van der Waals surface area contributed by atoms with Crippen molar-refractivity contribution in [2.24, 2.45) is 0 Å². The van der Waals surface area contributed by atoms with Crippen LogP contribution < -0.4 is 10.1 Å². The molecule has 0 aromatic heterocycles. The molecule has 146 valence electrons. The Morgan fingerprint density at radius 2 is 1.89 bits per heavy atom. The number of nitrogens with one attached hydrogen (secondary N) is 1. The van der Waals surface area contributed by atoms with Gasteiger partial charge in [0.15, 0.2) is 6.10 Å². The number of carbonyl (C=O) groups excluding carboxylic acids is 2. The molecule has 28 heavy (non-hydrogen) atoms. The molecule has 0 aliphatic carbocycles. The number of carbonyl (C=O) groups is 2. The van der Waals surface area contributed by atoms with Gasteiger partial charge in [-0.25, -0.2) is 4.79 Å². The first-order chi connectivity index (χ1) is 13.4. The fourth-order valence-corrected chi connectivity index (χ4v) is 2.44. The number of anilines is 1. The van der Waals surface area contributed by atoms with E-state index in [0.29, 0.717) is 23.1 Å². The maximum atomic E-state index is 12.2. The van der Waals surface area contributed by atoms with E-state index in [4.69, 9.17) is 32.7 Å². The summed E-state index contributed by atoms with van der Waals surface area (Å²) < 4.78 is 10.5. The fourth-order valence-electron chi connectivity index (χ4n) is 2.10. The Kier molecular flexibility index (Phi) is 8.11. The summed E-state index contributed by atoms with van der Waals surface area (Å²) in [6, 6.07) is 12.0. The van der Waals surface area contributed by atoms with Crippen molar-refractivity contribution < 1.29 is 19.1 Å². The number of amides is 1. The van der Waals surface area contributed by atoms with E-state index in [1.54, 1.807) is 54.6 Å².